The normalized spacial score (nSPS) is 19.6. The lowest BCUT2D eigenvalue weighted by molar-refractivity contribution is -0.132. The molecule has 7 heteroatoms. The van der Waals surface area contributed by atoms with Crippen molar-refractivity contribution in [1.82, 2.24) is 4.98 Å². The fourth-order valence-electron chi connectivity index (χ4n) is 4.13. The Morgan fingerprint density at radius 1 is 1.28 bits per heavy atom. The fraction of sp³-hybridized carbons (Fsp3) is 0.364. The number of hydrogen-bond acceptors (Lipinski definition) is 3. The summed E-state index contributed by atoms with van der Waals surface area (Å²) in [4.78, 5) is 16.2. The highest BCUT2D eigenvalue weighted by Gasteiger charge is 2.36. The highest BCUT2D eigenvalue weighted by Crippen LogP contribution is 2.44. The lowest BCUT2D eigenvalue weighted by Crippen LogP contribution is -2.24. The third-order valence-electron chi connectivity index (χ3n) is 5.69. The molecule has 4 nitrogen and oxygen atoms in total. The fourth-order valence-corrected chi connectivity index (χ4v) is 4.30. The molecule has 0 bridgehead atoms. The number of nitrogens with one attached hydrogen (secondary N) is 1. The maximum Gasteiger partial charge on any atom is 0.337 e. The van der Waals surface area contributed by atoms with Gasteiger partial charge < -0.3 is 10.4 Å². The average molecular weight is 419 g/mol. The minimum absolute atomic E-state index is 0.0685. The number of carboxylic acid groups (broad SMARTS) is 1. The number of nitrogens with zero attached hydrogens (tertiary/aromatic N) is 1. The smallest absolute Gasteiger partial charge is 0.337 e. The van der Waals surface area contributed by atoms with Gasteiger partial charge in [0, 0.05) is 35.1 Å². The Kier molecular flexibility index (Phi) is 5.30. The third-order valence-corrected chi connectivity index (χ3v) is 5.93. The second-order valence-corrected chi connectivity index (χ2v) is 8.08. The van der Waals surface area contributed by atoms with E-state index in [0.29, 0.717) is 35.5 Å². The maximum absolute atomic E-state index is 13.7. The molecule has 1 saturated carbocycles. The van der Waals surface area contributed by atoms with Crippen molar-refractivity contribution in [3.63, 3.8) is 0 Å². The topological polar surface area (TPSA) is 62.2 Å². The number of aromatic nitrogens is 1. The van der Waals surface area contributed by atoms with Crippen LogP contribution in [0.3, 0.4) is 0 Å². The van der Waals surface area contributed by atoms with Crippen molar-refractivity contribution < 1.29 is 18.7 Å². The lowest BCUT2D eigenvalue weighted by Gasteiger charge is -2.30. The molecule has 0 saturated heterocycles. The van der Waals surface area contributed by atoms with Gasteiger partial charge in [-0.2, -0.15) is 0 Å². The van der Waals surface area contributed by atoms with Gasteiger partial charge >= 0.3 is 5.97 Å². The van der Waals surface area contributed by atoms with Crippen LogP contribution in [0.2, 0.25) is 5.02 Å². The molecule has 0 spiro atoms. The Hall–Kier alpha value is -2.47. The zero-order chi connectivity index (χ0) is 20.6. The van der Waals surface area contributed by atoms with E-state index in [1.807, 2.05) is 6.08 Å². The monoisotopic (exact) mass is 418 g/mol. The number of benzene rings is 1. The van der Waals surface area contributed by atoms with Gasteiger partial charge in [0.25, 0.3) is 0 Å². The van der Waals surface area contributed by atoms with Gasteiger partial charge in [-0.05, 0) is 61.4 Å². The molecular weight excluding hydrogens is 398 g/mol. The molecule has 29 heavy (non-hydrogen) atoms. The Morgan fingerprint density at radius 2 is 2.03 bits per heavy atom. The van der Waals surface area contributed by atoms with E-state index in [1.54, 1.807) is 30.5 Å². The molecule has 0 unspecified atom stereocenters. The largest absolute Gasteiger partial charge is 0.478 e. The van der Waals surface area contributed by atoms with Crippen molar-refractivity contribution in [2.24, 2.45) is 0 Å². The molecule has 0 aliphatic heterocycles. The number of allylic oxidation sites excluding steroid dienone is 2. The molecule has 0 atom stereocenters. The minimum atomic E-state index is -2.62. The molecule has 2 aliphatic rings. The van der Waals surface area contributed by atoms with Crippen LogP contribution in [0.1, 0.15) is 50.0 Å². The first-order valence-electron chi connectivity index (χ1n) is 9.70. The summed E-state index contributed by atoms with van der Waals surface area (Å²) in [5.74, 6) is -3.69. The van der Waals surface area contributed by atoms with Crippen molar-refractivity contribution in [2.75, 3.05) is 5.32 Å². The predicted octanol–water partition coefficient (Wildman–Crippen LogP) is 6.28. The molecule has 1 aromatic heterocycles. The van der Waals surface area contributed by atoms with Crippen molar-refractivity contribution >= 4 is 34.2 Å². The van der Waals surface area contributed by atoms with Gasteiger partial charge in [-0.15, -0.1) is 0 Å². The summed E-state index contributed by atoms with van der Waals surface area (Å²) in [6, 6.07) is 5.33. The minimum Gasteiger partial charge on any atom is -0.478 e. The molecule has 1 aromatic carbocycles. The van der Waals surface area contributed by atoms with Gasteiger partial charge in [0.05, 0.1) is 16.8 Å². The van der Waals surface area contributed by atoms with Gasteiger partial charge in [0.15, 0.2) is 0 Å². The summed E-state index contributed by atoms with van der Waals surface area (Å²) in [5, 5.41) is 14.2. The van der Waals surface area contributed by atoms with Crippen LogP contribution in [-0.2, 0) is 4.79 Å². The summed E-state index contributed by atoms with van der Waals surface area (Å²) in [6.07, 6.45) is 6.86. The number of alkyl halides is 2. The van der Waals surface area contributed by atoms with E-state index >= 15 is 0 Å². The number of anilines is 1. The molecule has 2 aromatic rings. The van der Waals surface area contributed by atoms with E-state index in [-0.39, 0.29) is 24.3 Å². The third kappa shape index (κ3) is 4.13. The second-order valence-electron chi connectivity index (χ2n) is 7.64. The van der Waals surface area contributed by atoms with Gasteiger partial charge in [0.1, 0.15) is 0 Å². The van der Waals surface area contributed by atoms with Crippen molar-refractivity contribution in [3.8, 4) is 0 Å². The van der Waals surface area contributed by atoms with Gasteiger partial charge in [0.2, 0.25) is 5.92 Å². The average Bonchev–Trinajstić information content (AvgIpc) is 2.69. The molecular formula is C22H21ClF2N2O2. The van der Waals surface area contributed by atoms with E-state index < -0.39 is 11.9 Å². The van der Waals surface area contributed by atoms with Crippen LogP contribution in [0.5, 0.6) is 0 Å². The molecule has 2 N–H and O–H groups in total. The number of fused-ring (bicyclic) bond motifs is 1. The van der Waals surface area contributed by atoms with Crippen LogP contribution in [-0.4, -0.2) is 22.0 Å². The first-order valence-corrected chi connectivity index (χ1v) is 10.1. The van der Waals surface area contributed by atoms with Crippen LogP contribution in [0.4, 0.5) is 14.5 Å². The Labute approximate surface area is 172 Å². The lowest BCUT2D eigenvalue weighted by atomic mass is 9.81. The maximum atomic E-state index is 13.7. The Morgan fingerprint density at radius 3 is 2.76 bits per heavy atom. The summed E-state index contributed by atoms with van der Waals surface area (Å²) in [5.41, 5.74) is 3.09. The summed E-state index contributed by atoms with van der Waals surface area (Å²) >= 11 is 6.22. The van der Waals surface area contributed by atoms with Crippen LogP contribution < -0.4 is 5.32 Å². The molecule has 2 aliphatic carbocycles. The quantitative estimate of drug-likeness (QED) is 0.613. The molecule has 152 valence electrons. The second kappa shape index (κ2) is 7.75. The first kappa shape index (κ1) is 19.8. The highest BCUT2D eigenvalue weighted by atomic mass is 35.5. The van der Waals surface area contributed by atoms with E-state index in [1.165, 1.54) is 0 Å². The summed E-state index contributed by atoms with van der Waals surface area (Å²) in [6.45, 7) is 0. The standard InChI is InChI=1S/C22H21ClF2N2O2/c23-14-5-6-18-16(11-14)20(27-19-4-2-1-3-15(19)21(28)29)17(12-26-18)13-7-9-22(24,25)10-8-13/h1,3,5-6,11-13H,2,4,7-10H2,(H,26,27)(H,28,29). The van der Waals surface area contributed by atoms with Gasteiger partial charge in [-0.25, -0.2) is 13.6 Å². The Bertz CT molecular complexity index is 1020. The van der Waals surface area contributed by atoms with Crippen LogP contribution >= 0.6 is 11.6 Å². The van der Waals surface area contributed by atoms with Gasteiger partial charge in [-0.1, -0.05) is 17.7 Å². The summed E-state index contributed by atoms with van der Waals surface area (Å²) < 4.78 is 27.4. The molecule has 1 fully saturated rings. The molecule has 0 amide bonds. The number of carbonyl (C=O) groups is 1. The summed E-state index contributed by atoms with van der Waals surface area (Å²) in [7, 11) is 0. The van der Waals surface area contributed by atoms with E-state index in [2.05, 4.69) is 10.3 Å². The first-order chi connectivity index (χ1) is 13.8. The number of carboxylic acids is 1. The van der Waals surface area contributed by atoms with E-state index in [0.717, 1.165) is 23.1 Å². The van der Waals surface area contributed by atoms with Crippen LogP contribution in [0.25, 0.3) is 10.9 Å². The number of rotatable bonds is 4. The number of aliphatic carboxylic acids is 1. The Balaban J connectivity index is 1.82. The number of hydrogen-bond donors (Lipinski definition) is 2. The SMILES string of the molecule is O=C(O)C1=C(Nc2c(C3CCC(F)(F)CC3)cnc3ccc(Cl)cc23)CCC=C1. The zero-order valence-electron chi connectivity index (χ0n) is 15.7. The van der Waals surface area contributed by atoms with Crippen molar-refractivity contribution in [1.29, 1.82) is 0 Å². The predicted molar refractivity (Wildman–Crippen MR) is 110 cm³/mol. The highest BCUT2D eigenvalue weighted by molar-refractivity contribution is 6.31. The van der Waals surface area contributed by atoms with Crippen molar-refractivity contribution in [3.05, 3.63) is 58.4 Å². The zero-order valence-corrected chi connectivity index (χ0v) is 16.5. The number of pyridine rings is 1. The van der Waals surface area contributed by atoms with Crippen LogP contribution in [0.15, 0.2) is 47.8 Å². The molecule has 1 heterocycles. The molecule has 0 radical (unpaired) electrons. The van der Waals surface area contributed by atoms with Gasteiger partial charge in [-0.3, -0.25) is 4.98 Å². The van der Waals surface area contributed by atoms with E-state index in [9.17, 15) is 18.7 Å². The van der Waals surface area contributed by atoms with Crippen molar-refractivity contribution in [2.45, 2.75) is 50.4 Å². The van der Waals surface area contributed by atoms with Crippen LogP contribution in [0, 0.1) is 0 Å². The van der Waals surface area contributed by atoms with E-state index in [4.69, 9.17) is 11.6 Å². The molecule has 4 rings (SSSR count). The number of halogens is 3.